The molecule has 0 unspecified atom stereocenters. The Labute approximate surface area is 123 Å². The largest absolute Gasteiger partial charge is 0.504 e. The number of hydrogen-bond acceptors (Lipinski definition) is 3. The molecular formula is C17H17NO3. The molecule has 3 N–H and O–H groups in total. The van der Waals surface area contributed by atoms with Crippen molar-refractivity contribution in [1.82, 2.24) is 5.32 Å². The Kier molecular flexibility index (Phi) is 4.61. The zero-order valence-electron chi connectivity index (χ0n) is 11.7. The molecule has 0 aliphatic carbocycles. The first kappa shape index (κ1) is 14.7. The van der Waals surface area contributed by atoms with Crippen LogP contribution in [0.5, 0.6) is 11.5 Å². The van der Waals surface area contributed by atoms with E-state index in [2.05, 4.69) is 5.32 Å². The summed E-state index contributed by atoms with van der Waals surface area (Å²) in [4.78, 5) is 11.7. The summed E-state index contributed by atoms with van der Waals surface area (Å²) in [6, 6.07) is 12.3. The molecule has 0 aliphatic rings. The zero-order valence-corrected chi connectivity index (χ0v) is 11.7. The molecule has 108 valence electrons. The van der Waals surface area contributed by atoms with Gasteiger partial charge in [0.15, 0.2) is 11.5 Å². The number of aromatic hydroxyl groups is 2. The Morgan fingerprint density at radius 3 is 2.67 bits per heavy atom. The van der Waals surface area contributed by atoms with Crippen molar-refractivity contribution in [2.75, 3.05) is 0 Å². The maximum absolute atomic E-state index is 11.7. The summed E-state index contributed by atoms with van der Waals surface area (Å²) in [5.74, 6) is -0.613. The second-order valence-electron chi connectivity index (χ2n) is 4.79. The summed E-state index contributed by atoms with van der Waals surface area (Å²) < 4.78 is 0. The second-order valence-corrected chi connectivity index (χ2v) is 4.79. The third kappa shape index (κ3) is 4.38. The van der Waals surface area contributed by atoms with Crippen LogP contribution in [0, 0.1) is 6.92 Å². The number of phenols is 2. The fraction of sp³-hybridized carbons (Fsp3) is 0.118. The number of aryl methyl sites for hydroxylation is 1. The highest BCUT2D eigenvalue weighted by Gasteiger charge is 2.00. The van der Waals surface area contributed by atoms with E-state index >= 15 is 0 Å². The van der Waals surface area contributed by atoms with Crippen molar-refractivity contribution < 1.29 is 15.0 Å². The van der Waals surface area contributed by atoms with E-state index in [9.17, 15) is 15.0 Å². The maximum atomic E-state index is 11.7. The monoisotopic (exact) mass is 283 g/mol. The fourth-order valence-corrected chi connectivity index (χ4v) is 1.89. The number of hydrogen-bond donors (Lipinski definition) is 3. The lowest BCUT2D eigenvalue weighted by Gasteiger charge is -2.03. The number of carbonyl (C=O) groups is 1. The van der Waals surface area contributed by atoms with Gasteiger partial charge < -0.3 is 15.5 Å². The van der Waals surface area contributed by atoms with Crippen molar-refractivity contribution in [2.24, 2.45) is 0 Å². The van der Waals surface area contributed by atoms with Crippen LogP contribution in [0.3, 0.4) is 0 Å². The van der Waals surface area contributed by atoms with Crippen LogP contribution in [0.15, 0.2) is 48.5 Å². The van der Waals surface area contributed by atoms with E-state index in [1.807, 2.05) is 31.2 Å². The van der Waals surface area contributed by atoms with Crippen molar-refractivity contribution in [2.45, 2.75) is 13.5 Å². The third-order valence-corrected chi connectivity index (χ3v) is 2.98. The molecule has 2 aromatic rings. The number of benzene rings is 2. The van der Waals surface area contributed by atoms with Gasteiger partial charge in [-0.2, -0.15) is 0 Å². The molecule has 4 nitrogen and oxygen atoms in total. The van der Waals surface area contributed by atoms with E-state index in [4.69, 9.17) is 0 Å². The molecule has 0 atom stereocenters. The van der Waals surface area contributed by atoms with E-state index in [1.165, 1.54) is 18.2 Å². The molecule has 0 radical (unpaired) electrons. The van der Waals surface area contributed by atoms with Gasteiger partial charge in [0.2, 0.25) is 5.91 Å². The standard InChI is InChI=1S/C17H17NO3/c1-12-3-2-4-14(9-12)11-18-17(21)8-6-13-5-7-15(19)16(20)10-13/h2-10,19-20H,11H2,1H3,(H,18,21)/b8-6+. The van der Waals surface area contributed by atoms with Gasteiger partial charge in [-0.1, -0.05) is 35.9 Å². The highest BCUT2D eigenvalue weighted by Crippen LogP contribution is 2.25. The first-order valence-corrected chi connectivity index (χ1v) is 6.58. The third-order valence-electron chi connectivity index (χ3n) is 2.98. The zero-order chi connectivity index (χ0) is 15.2. The molecule has 0 heterocycles. The minimum absolute atomic E-state index is 0.184. The van der Waals surface area contributed by atoms with E-state index in [0.717, 1.165) is 11.1 Å². The number of phenolic OH excluding ortho intramolecular Hbond substituents is 2. The van der Waals surface area contributed by atoms with Crippen LogP contribution in [0.4, 0.5) is 0 Å². The molecule has 1 amide bonds. The summed E-state index contributed by atoms with van der Waals surface area (Å²) in [6.07, 6.45) is 2.96. The predicted molar refractivity (Wildman–Crippen MR) is 81.8 cm³/mol. The van der Waals surface area contributed by atoms with Crippen LogP contribution >= 0.6 is 0 Å². The summed E-state index contributed by atoms with van der Waals surface area (Å²) in [7, 11) is 0. The first-order chi connectivity index (χ1) is 10.0. The SMILES string of the molecule is Cc1cccc(CNC(=O)/C=C/c2ccc(O)c(O)c2)c1. The minimum atomic E-state index is -0.218. The maximum Gasteiger partial charge on any atom is 0.244 e. The molecule has 0 saturated carbocycles. The molecular weight excluding hydrogens is 266 g/mol. The molecule has 2 rings (SSSR count). The Morgan fingerprint density at radius 2 is 1.95 bits per heavy atom. The summed E-state index contributed by atoms with van der Waals surface area (Å²) >= 11 is 0. The minimum Gasteiger partial charge on any atom is -0.504 e. The molecule has 4 heteroatoms. The Morgan fingerprint density at radius 1 is 1.14 bits per heavy atom. The molecule has 0 spiro atoms. The second kappa shape index (κ2) is 6.61. The molecule has 0 aliphatic heterocycles. The lowest BCUT2D eigenvalue weighted by molar-refractivity contribution is -0.116. The van der Waals surface area contributed by atoms with Crippen molar-refractivity contribution in [3.63, 3.8) is 0 Å². The Hall–Kier alpha value is -2.75. The molecule has 0 fully saturated rings. The van der Waals surface area contributed by atoms with Crippen molar-refractivity contribution in [3.8, 4) is 11.5 Å². The van der Waals surface area contributed by atoms with Gasteiger partial charge in [0.1, 0.15) is 0 Å². The van der Waals surface area contributed by atoms with Gasteiger partial charge in [0, 0.05) is 12.6 Å². The fourth-order valence-electron chi connectivity index (χ4n) is 1.89. The van der Waals surface area contributed by atoms with Crippen LogP contribution in [-0.2, 0) is 11.3 Å². The van der Waals surface area contributed by atoms with Gasteiger partial charge in [-0.3, -0.25) is 4.79 Å². The van der Waals surface area contributed by atoms with Crippen LogP contribution in [-0.4, -0.2) is 16.1 Å². The average molecular weight is 283 g/mol. The molecule has 21 heavy (non-hydrogen) atoms. The normalized spacial score (nSPS) is 10.7. The van der Waals surface area contributed by atoms with Crippen molar-refractivity contribution in [3.05, 3.63) is 65.2 Å². The average Bonchev–Trinajstić information content (AvgIpc) is 2.46. The predicted octanol–water partition coefficient (Wildman–Crippen LogP) is 2.74. The molecule has 0 saturated heterocycles. The summed E-state index contributed by atoms with van der Waals surface area (Å²) in [5, 5.41) is 21.3. The lowest BCUT2D eigenvalue weighted by Crippen LogP contribution is -2.20. The van der Waals surface area contributed by atoms with Gasteiger partial charge in [-0.25, -0.2) is 0 Å². The van der Waals surface area contributed by atoms with Crippen molar-refractivity contribution in [1.29, 1.82) is 0 Å². The van der Waals surface area contributed by atoms with Crippen LogP contribution < -0.4 is 5.32 Å². The quantitative estimate of drug-likeness (QED) is 0.597. The molecule has 0 bridgehead atoms. The molecule has 0 aromatic heterocycles. The van der Waals surface area contributed by atoms with Gasteiger partial charge in [-0.15, -0.1) is 0 Å². The Bertz CT molecular complexity index is 677. The molecule has 2 aromatic carbocycles. The van der Waals surface area contributed by atoms with Gasteiger partial charge >= 0.3 is 0 Å². The smallest absolute Gasteiger partial charge is 0.244 e. The van der Waals surface area contributed by atoms with E-state index in [-0.39, 0.29) is 17.4 Å². The highest BCUT2D eigenvalue weighted by atomic mass is 16.3. The van der Waals surface area contributed by atoms with Gasteiger partial charge in [0.05, 0.1) is 0 Å². The summed E-state index contributed by atoms with van der Waals surface area (Å²) in [6.45, 7) is 2.47. The van der Waals surface area contributed by atoms with E-state index < -0.39 is 0 Å². The number of nitrogens with one attached hydrogen (secondary N) is 1. The Balaban J connectivity index is 1.92. The lowest BCUT2D eigenvalue weighted by atomic mass is 10.1. The summed E-state index contributed by atoms with van der Waals surface area (Å²) in [5.41, 5.74) is 2.83. The first-order valence-electron chi connectivity index (χ1n) is 6.58. The van der Waals surface area contributed by atoms with Crippen LogP contribution in [0.25, 0.3) is 6.08 Å². The topological polar surface area (TPSA) is 69.6 Å². The van der Waals surface area contributed by atoms with E-state index in [0.29, 0.717) is 12.1 Å². The van der Waals surface area contributed by atoms with Crippen molar-refractivity contribution >= 4 is 12.0 Å². The van der Waals surface area contributed by atoms with E-state index in [1.54, 1.807) is 12.1 Å². The van der Waals surface area contributed by atoms with Gasteiger partial charge in [0.25, 0.3) is 0 Å². The van der Waals surface area contributed by atoms with Crippen LogP contribution in [0.2, 0.25) is 0 Å². The number of amides is 1. The number of rotatable bonds is 4. The van der Waals surface area contributed by atoms with Crippen LogP contribution in [0.1, 0.15) is 16.7 Å². The number of carbonyl (C=O) groups excluding carboxylic acids is 1. The van der Waals surface area contributed by atoms with Gasteiger partial charge in [-0.05, 0) is 36.3 Å². The highest BCUT2D eigenvalue weighted by molar-refractivity contribution is 5.91.